The van der Waals surface area contributed by atoms with E-state index in [4.69, 9.17) is 20.3 Å². The van der Waals surface area contributed by atoms with Crippen molar-refractivity contribution in [2.24, 2.45) is 23.5 Å². The largest absolute Gasteiger partial charge is 0.394 e. The van der Waals surface area contributed by atoms with Gasteiger partial charge in [-0.15, -0.1) is 0 Å². The van der Waals surface area contributed by atoms with Gasteiger partial charge >= 0.3 is 0 Å². The third-order valence-electron chi connectivity index (χ3n) is 7.98. The molecule has 9 nitrogen and oxygen atoms in total. The second kappa shape index (κ2) is 10.4. The molecule has 7 unspecified atom stereocenters. The lowest BCUT2D eigenvalue weighted by Crippen LogP contribution is -2.75. The van der Waals surface area contributed by atoms with Crippen LogP contribution in [-0.2, 0) is 14.3 Å². The molecule has 4 aliphatic rings. The minimum absolute atomic E-state index is 0.0156. The van der Waals surface area contributed by atoms with Gasteiger partial charge in [0.25, 0.3) is 0 Å². The van der Waals surface area contributed by atoms with Crippen LogP contribution in [0.15, 0.2) is 0 Å². The number of carbonyl (C=O) groups excluding carboxylic acids is 1. The summed E-state index contributed by atoms with van der Waals surface area (Å²) in [5, 5.41) is 19.4. The van der Waals surface area contributed by atoms with Crippen LogP contribution in [0.5, 0.6) is 0 Å². The first-order valence-corrected chi connectivity index (χ1v) is 12.1. The average Bonchev–Trinajstić information content (AvgIpc) is 2.78. The summed E-state index contributed by atoms with van der Waals surface area (Å²) in [4.78, 5) is 16.1. The molecule has 0 aromatic rings. The predicted molar refractivity (Wildman–Crippen MR) is 117 cm³/mol. The molecule has 0 radical (unpaired) electrons. The van der Waals surface area contributed by atoms with Crippen molar-refractivity contribution in [3.63, 3.8) is 0 Å². The van der Waals surface area contributed by atoms with Gasteiger partial charge in [0.15, 0.2) is 0 Å². The number of hydrogen-bond acceptors (Lipinski definition) is 8. The molecule has 3 heterocycles. The van der Waals surface area contributed by atoms with Crippen LogP contribution in [0.2, 0.25) is 0 Å². The highest BCUT2D eigenvalue weighted by Crippen LogP contribution is 2.41. The molecule has 3 saturated heterocycles. The van der Waals surface area contributed by atoms with Crippen molar-refractivity contribution in [2.45, 2.75) is 88.7 Å². The molecule has 178 valence electrons. The van der Waals surface area contributed by atoms with Crippen LogP contribution in [0.4, 0.5) is 0 Å². The van der Waals surface area contributed by atoms with Crippen LogP contribution < -0.4 is 21.7 Å². The Morgan fingerprint density at radius 2 is 1.94 bits per heavy atom. The molecule has 0 bridgehead atoms. The molecular weight excluding hydrogens is 398 g/mol. The lowest BCUT2D eigenvalue weighted by molar-refractivity contribution is -0.160. The molecule has 1 saturated carbocycles. The molecule has 4 fully saturated rings. The number of nitrogens with two attached hydrogens (primary N) is 1. The van der Waals surface area contributed by atoms with E-state index in [1.54, 1.807) is 7.11 Å². The summed E-state index contributed by atoms with van der Waals surface area (Å²) in [6.45, 7) is 3.48. The number of likely N-dealkylation sites (tertiary alicyclic amines) is 1. The topological polar surface area (TPSA) is 121 Å². The first kappa shape index (κ1) is 23.4. The Kier molecular flexibility index (Phi) is 7.85. The summed E-state index contributed by atoms with van der Waals surface area (Å²) in [7, 11) is 1.74. The summed E-state index contributed by atoms with van der Waals surface area (Å²) >= 11 is 0. The molecule has 0 spiro atoms. The highest BCUT2D eigenvalue weighted by Gasteiger charge is 2.51. The van der Waals surface area contributed by atoms with Crippen LogP contribution >= 0.6 is 0 Å². The van der Waals surface area contributed by atoms with Crippen molar-refractivity contribution < 1.29 is 19.4 Å². The molecule has 6 N–H and O–H groups in total. The average molecular weight is 440 g/mol. The van der Waals surface area contributed by atoms with Gasteiger partial charge in [0, 0.05) is 37.6 Å². The van der Waals surface area contributed by atoms with E-state index >= 15 is 0 Å². The number of fused-ring (bicyclic) bond motifs is 1. The van der Waals surface area contributed by atoms with Crippen molar-refractivity contribution in [2.75, 3.05) is 26.9 Å². The Morgan fingerprint density at radius 1 is 1.16 bits per heavy atom. The van der Waals surface area contributed by atoms with Crippen LogP contribution in [0.25, 0.3) is 0 Å². The number of carbonyl (C=O) groups is 1. The zero-order valence-electron chi connectivity index (χ0n) is 19.0. The second-order valence-electron chi connectivity index (χ2n) is 9.79. The zero-order chi connectivity index (χ0) is 22.0. The lowest BCUT2D eigenvalue weighted by Gasteiger charge is -2.55. The van der Waals surface area contributed by atoms with Gasteiger partial charge in [-0.1, -0.05) is 0 Å². The number of rotatable bonds is 6. The Balaban J connectivity index is 1.49. The predicted octanol–water partition coefficient (Wildman–Crippen LogP) is -0.107. The zero-order valence-corrected chi connectivity index (χ0v) is 19.0. The van der Waals surface area contributed by atoms with E-state index in [0.29, 0.717) is 18.4 Å². The third kappa shape index (κ3) is 5.08. The molecule has 31 heavy (non-hydrogen) atoms. The van der Waals surface area contributed by atoms with E-state index in [9.17, 15) is 4.79 Å². The Bertz CT molecular complexity index is 594. The van der Waals surface area contributed by atoms with Crippen molar-refractivity contribution in [1.29, 1.82) is 0 Å². The SMILES string of the molecule is COC1CCC(C2CC3C(C)NC(N)NC3N(C3CCC(OCCO)CC3)C2=O)CN1. The highest BCUT2D eigenvalue weighted by molar-refractivity contribution is 5.81. The van der Waals surface area contributed by atoms with Crippen LogP contribution in [0.3, 0.4) is 0 Å². The fraction of sp³-hybridized carbons (Fsp3) is 0.955. The molecule has 0 aromatic heterocycles. The molecule has 3 aliphatic heterocycles. The van der Waals surface area contributed by atoms with Gasteiger partial charge in [-0.2, -0.15) is 0 Å². The summed E-state index contributed by atoms with van der Waals surface area (Å²) in [6.07, 6.45) is 6.56. The highest BCUT2D eigenvalue weighted by atomic mass is 16.5. The minimum Gasteiger partial charge on any atom is -0.394 e. The summed E-state index contributed by atoms with van der Waals surface area (Å²) < 4.78 is 11.2. The molecule has 1 aliphatic carbocycles. The van der Waals surface area contributed by atoms with Gasteiger partial charge in [-0.25, -0.2) is 0 Å². The minimum atomic E-state index is -0.300. The van der Waals surface area contributed by atoms with Gasteiger partial charge in [0.05, 0.1) is 25.5 Å². The van der Waals surface area contributed by atoms with E-state index in [1.807, 2.05) is 0 Å². The molecular formula is C22H41N5O4. The molecule has 0 aromatic carbocycles. The van der Waals surface area contributed by atoms with Gasteiger partial charge in [0.1, 0.15) is 12.5 Å². The van der Waals surface area contributed by atoms with Gasteiger partial charge in [-0.3, -0.25) is 20.7 Å². The number of nitrogens with zero attached hydrogens (tertiary/aromatic N) is 1. The Hall–Kier alpha value is -0.810. The Labute approximate surface area is 185 Å². The van der Waals surface area contributed by atoms with E-state index < -0.39 is 0 Å². The summed E-state index contributed by atoms with van der Waals surface area (Å²) in [5.74, 6) is 1.01. The monoisotopic (exact) mass is 439 g/mol. The fourth-order valence-corrected chi connectivity index (χ4v) is 6.29. The number of aliphatic hydroxyl groups is 1. The fourth-order valence-electron chi connectivity index (χ4n) is 6.29. The smallest absolute Gasteiger partial charge is 0.227 e. The van der Waals surface area contributed by atoms with Gasteiger partial charge in [-0.05, 0) is 57.8 Å². The summed E-state index contributed by atoms with van der Waals surface area (Å²) in [6, 6.07) is 0.469. The first-order valence-electron chi connectivity index (χ1n) is 12.1. The summed E-state index contributed by atoms with van der Waals surface area (Å²) in [5.41, 5.74) is 6.23. The molecule has 7 atom stereocenters. The van der Waals surface area contributed by atoms with Crippen LogP contribution in [-0.4, -0.2) is 79.7 Å². The van der Waals surface area contributed by atoms with E-state index in [-0.39, 0.29) is 55.3 Å². The number of methoxy groups -OCH3 is 1. The number of piperidine rings is 2. The second-order valence-corrected chi connectivity index (χ2v) is 9.79. The molecule has 9 heteroatoms. The van der Waals surface area contributed by atoms with E-state index in [0.717, 1.165) is 51.5 Å². The normalized spacial score (nSPS) is 44.2. The molecule has 1 amide bonds. The number of nitrogens with one attached hydrogen (secondary N) is 3. The maximum absolute atomic E-state index is 13.9. The third-order valence-corrected chi connectivity index (χ3v) is 7.98. The first-order chi connectivity index (χ1) is 15.0. The number of amides is 1. The van der Waals surface area contributed by atoms with Crippen molar-refractivity contribution in [3.8, 4) is 0 Å². The van der Waals surface area contributed by atoms with Gasteiger partial charge in [0.2, 0.25) is 5.91 Å². The number of hydrogen-bond donors (Lipinski definition) is 5. The lowest BCUT2D eigenvalue weighted by atomic mass is 9.72. The molecule has 4 rings (SSSR count). The number of ether oxygens (including phenoxy) is 2. The standard InChI is InChI=1S/C22H41N5O4/c1-13-17-11-18(14-3-8-19(30-2)24-12-14)21(29)27(20(17)26-22(23)25-13)15-4-6-16(7-5-15)31-10-9-28/h13-20,22,24-26,28H,3-12,23H2,1-2H3. The Morgan fingerprint density at radius 3 is 2.58 bits per heavy atom. The van der Waals surface area contributed by atoms with Crippen molar-refractivity contribution in [1.82, 2.24) is 20.9 Å². The van der Waals surface area contributed by atoms with Crippen LogP contribution in [0, 0.1) is 17.8 Å². The quantitative estimate of drug-likeness (QED) is 0.389. The van der Waals surface area contributed by atoms with Crippen LogP contribution in [0.1, 0.15) is 51.9 Å². The van der Waals surface area contributed by atoms with Crippen molar-refractivity contribution >= 4 is 5.91 Å². The van der Waals surface area contributed by atoms with Gasteiger partial charge < -0.3 is 25.2 Å². The number of aliphatic hydroxyl groups excluding tert-OH is 1. The van der Waals surface area contributed by atoms with E-state index in [1.165, 1.54) is 0 Å². The van der Waals surface area contributed by atoms with Crippen molar-refractivity contribution in [3.05, 3.63) is 0 Å². The maximum atomic E-state index is 13.9. The maximum Gasteiger partial charge on any atom is 0.227 e. The van der Waals surface area contributed by atoms with E-state index in [2.05, 4.69) is 27.8 Å².